The first-order chi connectivity index (χ1) is 8.08. The van der Waals surface area contributed by atoms with Gasteiger partial charge in [0.25, 0.3) is 0 Å². The van der Waals surface area contributed by atoms with Gasteiger partial charge in [0.2, 0.25) is 0 Å². The predicted octanol–water partition coefficient (Wildman–Crippen LogP) is 0.508. The Bertz CT molecular complexity index is 593. The molecule has 0 aliphatic heterocycles. The Labute approximate surface area is 99.7 Å². The summed E-state index contributed by atoms with van der Waals surface area (Å²) >= 11 is 0. The molecule has 90 valence electrons. The molecule has 1 heterocycles. The van der Waals surface area contributed by atoms with Crippen LogP contribution in [0, 0.1) is 0 Å². The van der Waals surface area contributed by atoms with Crippen LogP contribution in [0.5, 0.6) is 0 Å². The zero-order valence-electron chi connectivity index (χ0n) is 9.16. The molecule has 0 amide bonds. The standard InChI is InChI=1S/C10H11N3O3S/c1-17(16)5-4-13-9-6-7(10(14)15)2-3-8(9)11-12-13/h2-3,6H,4-5H2,1H3,(H,14,15). The van der Waals surface area contributed by atoms with E-state index in [-0.39, 0.29) is 5.56 Å². The lowest BCUT2D eigenvalue weighted by Crippen LogP contribution is -2.08. The summed E-state index contributed by atoms with van der Waals surface area (Å²) in [5.41, 5.74) is 1.48. The lowest BCUT2D eigenvalue weighted by molar-refractivity contribution is 0.0697. The van der Waals surface area contributed by atoms with Crippen LogP contribution in [0.3, 0.4) is 0 Å². The highest BCUT2D eigenvalue weighted by Crippen LogP contribution is 2.13. The van der Waals surface area contributed by atoms with Crippen LogP contribution in [0.15, 0.2) is 18.2 Å². The Morgan fingerprint density at radius 3 is 2.94 bits per heavy atom. The quantitative estimate of drug-likeness (QED) is 0.858. The van der Waals surface area contributed by atoms with Gasteiger partial charge in [-0.3, -0.25) is 4.21 Å². The van der Waals surface area contributed by atoms with Crippen molar-refractivity contribution in [3.8, 4) is 0 Å². The first kappa shape index (κ1) is 11.7. The van der Waals surface area contributed by atoms with Crippen molar-refractivity contribution in [1.29, 1.82) is 0 Å². The Kier molecular flexibility index (Phi) is 3.19. The zero-order valence-corrected chi connectivity index (χ0v) is 9.98. The van der Waals surface area contributed by atoms with Gasteiger partial charge in [0.15, 0.2) is 0 Å². The third-order valence-corrected chi connectivity index (χ3v) is 3.11. The van der Waals surface area contributed by atoms with Crippen molar-refractivity contribution in [3.63, 3.8) is 0 Å². The molecule has 0 aliphatic rings. The number of aryl methyl sites for hydroxylation is 1. The number of nitrogens with zero attached hydrogens (tertiary/aromatic N) is 3. The van der Waals surface area contributed by atoms with Crippen molar-refractivity contribution < 1.29 is 14.1 Å². The Morgan fingerprint density at radius 1 is 1.53 bits per heavy atom. The number of aromatic carboxylic acids is 1. The van der Waals surface area contributed by atoms with E-state index in [2.05, 4.69) is 10.3 Å². The molecule has 2 aromatic rings. The predicted molar refractivity (Wildman–Crippen MR) is 63.4 cm³/mol. The van der Waals surface area contributed by atoms with Crippen LogP contribution in [0.2, 0.25) is 0 Å². The summed E-state index contributed by atoms with van der Waals surface area (Å²) in [7, 11) is -0.912. The van der Waals surface area contributed by atoms with E-state index >= 15 is 0 Å². The van der Waals surface area contributed by atoms with E-state index in [1.165, 1.54) is 12.1 Å². The van der Waals surface area contributed by atoms with Crippen molar-refractivity contribution in [2.45, 2.75) is 6.54 Å². The minimum Gasteiger partial charge on any atom is -0.478 e. The molecular formula is C10H11N3O3S. The van der Waals surface area contributed by atoms with Gasteiger partial charge in [-0.15, -0.1) is 5.10 Å². The van der Waals surface area contributed by atoms with Crippen LogP contribution in [-0.2, 0) is 17.3 Å². The topological polar surface area (TPSA) is 85.1 Å². The van der Waals surface area contributed by atoms with E-state index in [1.54, 1.807) is 17.0 Å². The summed E-state index contributed by atoms with van der Waals surface area (Å²) in [4.78, 5) is 10.8. The first-order valence-electron chi connectivity index (χ1n) is 4.94. The SMILES string of the molecule is CS(=O)CCn1nnc2ccc(C(=O)O)cc21. The monoisotopic (exact) mass is 253 g/mol. The average Bonchev–Trinajstić information content (AvgIpc) is 2.68. The van der Waals surface area contributed by atoms with Gasteiger partial charge >= 0.3 is 5.97 Å². The van der Waals surface area contributed by atoms with Gasteiger partial charge in [-0.1, -0.05) is 5.21 Å². The molecule has 1 aromatic heterocycles. The molecule has 0 aliphatic carbocycles. The molecule has 0 saturated heterocycles. The molecule has 1 unspecified atom stereocenters. The smallest absolute Gasteiger partial charge is 0.335 e. The molecule has 7 heteroatoms. The van der Waals surface area contributed by atoms with Gasteiger partial charge in [-0.2, -0.15) is 0 Å². The van der Waals surface area contributed by atoms with Gasteiger partial charge in [-0.05, 0) is 18.2 Å². The zero-order chi connectivity index (χ0) is 12.4. The van der Waals surface area contributed by atoms with E-state index in [1.807, 2.05) is 0 Å². The number of carboxylic acids is 1. The van der Waals surface area contributed by atoms with Gasteiger partial charge in [-0.25, -0.2) is 9.48 Å². The maximum atomic E-state index is 11.0. The molecular weight excluding hydrogens is 242 g/mol. The molecule has 6 nitrogen and oxygen atoms in total. The van der Waals surface area contributed by atoms with Gasteiger partial charge in [0.05, 0.1) is 17.6 Å². The third-order valence-electron chi connectivity index (χ3n) is 2.35. The summed E-state index contributed by atoms with van der Waals surface area (Å²) in [6.45, 7) is 0.461. The minimum absolute atomic E-state index is 0.193. The van der Waals surface area contributed by atoms with Gasteiger partial charge in [0.1, 0.15) is 5.52 Å². The maximum Gasteiger partial charge on any atom is 0.335 e. The molecule has 0 fully saturated rings. The van der Waals surface area contributed by atoms with Gasteiger partial charge in [0, 0.05) is 22.8 Å². The normalized spacial score (nSPS) is 12.8. The Morgan fingerprint density at radius 2 is 2.29 bits per heavy atom. The third kappa shape index (κ3) is 2.50. The summed E-state index contributed by atoms with van der Waals surface area (Å²) in [6, 6.07) is 4.63. The van der Waals surface area contributed by atoms with Crippen LogP contribution in [0.25, 0.3) is 11.0 Å². The molecule has 2 rings (SSSR count). The minimum atomic E-state index is -0.987. The highest BCUT2D eigenvalue weighted by Gasteiger charge is 2.09. The maximum absolute atomic E-state index is 11.0. The van der Waals surface area contributed by atoms with Crippen molar-refractivity contribution in [2.75, 3.05) is 12.0 Å². The molecule has 0 radical (unpaired) electrons. The van der Waals surface area contributed by atoms with E-state index in [4.69, 9.17) is 5.11 Å². The number of hydrogen-bond donors (Lipinski definition) is 1. The number of carbonyl (C=O) groups is 1. The largest absolute Gasteiger partial charge is 0.478 e. The molecule has 17 heavy (non-hydrogen) atoms. The number of fused-ring (bicyclic) bond motifs is 1. The number of rotatable bonds is 4. The summed E-state index contributed by atoms with van der Waals surface area (Å²) in [5, 5.41) is 16.7. The molecule has 1 aromatic carbocycles. The Hall–Kier alpha value is -1.76. The molecule has 0 bridgehead atoms. The second kappa shape index (κ2) is 4.62. The van der Waals surface area contributed by atoms with Crippen molar-refractivity contribution in [2.24, 2.45) is 0 Å². The van der Waals surface area contributed by atoms with E-state index < -0.39 is 16.8 Å². The molecule has 1 N–H and O–H groups in total. The van der Waals surface area contributed by atoms with Crippen LogP contribution in [0.4, 0.5) is 0 Å². The van der Waals surface area contributed by atoms with Crippen molar-refractivity contribution in [1.82, 2.24) is 15.0 Å². The summed E-state index contributed by atoms with van der Waals surface area (Å²) in [5.74, 6) is -0.519. The van der Waals surface area contributed by atoms with Crippen molar-refractivity contribution in [3.05, 3.63) is 23.8 Å². The highest BCUT2D eigenvalue weighted by atomic mass is 32.2. The number of benzene rings is 1. The molecule has 1 atom stereocenters. The highest BCUT2D eigenvalue weighted by molar-refractivity contribution is 7.84. The molecule has 0 spiro atoms. The first-order valence-corrected chi connectivity index (χ1v) is 6.67. The van der Waals surface area contributed by atoms with E-state index in [0.717, 1.165) is 0 Å². The number of aromatic nitrogens is 3. The lowest BCUT2D eigenvalue weighted by Gasteiger charge is -2.00. The fraction of sp³-hybridized carbons (Fsp3) is 0.300. The van der Waals surface area contributed by atoms with E-state index in [9.17, 15) is 9.00 Å². The van der Waals surface area contributed by atoms with Crippen LogP contribution in [-0.4, -0.2) is 42.3 Å². The second-order valence-corrected chi connectivity index (χ2v) is 5.15. The number of carboxylic acid groups (broad SMARTS) is 1. The van der Waals surface area contributed by atoms with Crippen molar-refractivity contribution >= 4 is 27.8 Å². The van der Waals surface area contributed by atoms with Gasteiger partial charge < -0.3 is 5.11 Å². The van der Waals surface area contributed by atoms with Crippen LogP contribution in [0.1, 0.15) is 10.4 Å². The number of hydrogen-bond acceptors (Lipinski definition) is 4. The molecule has 0 saturated carbocycles. The lowest BCUT2D eigenvalue weighted by atomic mass is 10.2. The van der Waals surface area contributed by atoms with E-state index in [0.29, 0.717) is 23.3 Å². The average molecular weight is 253 g/mol. The fourth-order valence-corrected chi connectivity index (χ4v) is 1.91. The fourth-order valence-electron chi connectivity index (χ4n) is 1.48. The second-order valence-electron chi connectivity index (χ2n) is 3.60. The van der Waals surface area contributed by atoms with Crippen LogP contribution >= 0.6 is 0 Å². The van der Waals surface area contributed by atoms with Crippen LogP contribution < -0.4 is 0 Å². The summed E-state index contributed by atoms with van der Waals surface area (Å²) in [6.07, 6.45) is 1.61. The Balaban J connectivity index is 2.39. The summed E-state index contributed by atoms with van der Waals surface area (Å²) < 4.78 is 12.6.